The van der Waals surface area contributed by atoms with Crippen LogP contribution in [0.5, 0.6) is 0 Å². The van der Waals surface area contributed by atoms with Gasteiger partial charge in [-0.1, -0.05) is 13.0 Å². The molecular formula is C12H18N2O2. The average Bonchev–Trinajstić information content (AvgIpc) is 2.29. The standard InChI is InChI=1S/C12H18N2O2/c1-3-16-12(15)7-9(2)11-6-4-5-10(8-13)14-11/h4-6,9H,3,7-8,13H2,1-2H3. The molecule has 2 N–H and O–H groups in total. The highest BCUT2D eigenvalue weighted by atomic mass is 16.5. The molecule has 4 nitrogen and oxygen atoms in total. The summed E-state index contributed by atoms with van der Waals surface area (Å²) in [6.45, 7) is 4.59. The van der Waals surface area contributed by atoms with Crippen LogP contribution in [0.1, 0.15) is 37.6 Å². The van der Waals surface area contributed by atoms with Gasteiger partial charge in [-0.3, -0.25) is 9.78 Å². The third kappa shape index (κ3) is 3.62. The lowest BCUT2D eigenvalue weighted by Crippen LogP contribution is -2.10. The molecule has 1 unspecified atom stereocenters. The van der Waals surface area contributed by atoms with Gasteiger partial charge >= 0.3 is 5.97 Å². The zero-order chi connectivity index (χ0) is 12.0. The summed E-state index contributed by atoms with van der Waals surface area (Å²) >= 11 is 0. The van der Waals surface area contributed by atoms with Crippen LogP contribution < -0.4 is 5.73 Å². The van der Waals surface area contributed by atoms with Crippen molar-refractivity contribution in [3.63, 3.8) is 0 Å². The molecule has 1 aromatic heterocycles. The summed E-state index contributed by atoms with van der Waals surface area (Å²) in [5, 5.41) is 0. The predicted octanol–water partition coefficient (Wildman–Crippen LogP) is 1.60. The Bertz CT molecular complexity index is 353. The van der Waals surface area contributed by atoms with Crippen LogP contribution in [0.2, 0.25) is 0 Å². The highest BCUT2D eigenvalue weighted by Gasteiger charge is 2.13. The van der Waals surface area contributed by atoms with Gasteiger partial charge < -0.3 is 10.5 Å². The van der Waals surface area contributed by atoms with Crippen LogP contribution in [-0.4, -0.2) is 17.6 Å². The fourth-order valence-corrected chi connectivity index (χ4v) is 1.46. The second-order valence-corrected chi connectivity index (χ2v) is 3.67. The lowest BCUT2D eigenvalue weighted by molar-refractivity contribution is -0.143. The number of rotatable bonds is 5. The monoisotopic (exact) mass is 222 g/mol. The molecule has 1 atom stereocenters. The molecular weight excluding hydrogens is 204 g/mol. The summed E-state index contributed by atoms with van der Waals surface area (Å²) in [6, 6.07) is 5.69. The molecule has 4 heteroatoms. The van der Waals surface area contributed by atoms with Gasteiger partial charge in [0.2, 0.25) is 0 Å². The number of esters is 1. The van der Waals surface area contributed by atoms with Crippen molar-refractivity contribution in [3.8, 4) is 0 Å². The Morgan fingerprint density at radius 3 is 2.94 bits per heavy atom. The number of aromatic nitrogens is 1. The fourth-order valence-electron chi connectivity index (χ4n) is 1.46. The summed E-state index contributed by atoms with van der Waals surface area (Å²) in [4.78, 5) is 15.7. The van der Waals surface area contributed by atoms with E-state index in [2.05, 4.69) is 4.98 Å². The first-order valence-electron chi connectivity index (χ1n) is 5.48. The van der Waals surface area contributed by atoms with Crippen LogP contribution in [0.3, 0.4) is 0 Å². The molecule has 0 aliphatic heterocycles. The Balaban J connectivity index is 2.64. The molecule has 16 heavy (non-hydrogen) atoms. The van der Waals surface area contributed by atoms with Gasteiger partial charge in [-0.2, -0.15) is 0 Å². The minimum Gasteiger partial charge on any atom is -0.466 e. The number of nitrogens with two attached hydrogens (primary N) is 1. The van der Waals surface area contributed by atoms with Crippen molar-refractivity contribution >= 4 is 5.97 Å². The molecule has 0 saturated heterocycles. The van der Waals surface area contributed by atoms with E-state index in [9.17, 15) is 4.79 Å². The summed E-state index contributed by atoms with van der Waals surface area (Å²) < 4.78 is 4.90. The lowest BCUT2D eigenvalue weighted by atomic mass is 10.0. The van der Waals surface area contributed by atoms with Crippen molar-refractivity contribution in [1.29, 1.82) is 0 Å². The topological polar surface area (TPSA) is 65.2 Å². The first kappa shape index (κ1) is 12.6. The Hall–Kier alpha value is -1.42. The van der Waals surface area contributed by atoms with E-state index in [1.165, 1.54) is 0 Å². The molecule has 0 aromatic carbocycles. The van der Waals surface area contributed by atoms with Crippen molar-refractivity contribution in [2.45, 2.75) is 32.7 Å². The number of hydrogen-bond acceptors (Lipinski definition) is 4. The first-order valence-corrected chi connectivity index (χ1v) is 5.48. The van der Waals surface area contributed by atoms with Gasteiger partial charge in [0.05, 0.1) is 18.7 Å². The summed E-state index contributed by atoms with van der Waals surface area (Å²) in [5.41, 5.74) is 7.24. The largest absolute Gasteiger partial charge is 0.466 e. The number of carbonyl (C=O) groups is 1. The molecule has 1 aromatic rings. The van der Waals surface area contributed by atoms with Gasteiger partial charge in [0.25, 0.3) is 0 Å². The van der Waals surface area contributed by atoms with Crippen LogP contribution in [-0.2, 0) is 16.1 Å². The molecule has 0 saturated carbocycles. The van der Waals surface area contributed by atoms with Gasteiger partial charge in [-0.05, 0) is 19.1 Å². The molecule has 0 bridgehead atoms. The quantitative estimate of drug-likeness (QED) is 0.768. The zero-order valence-electron chi connectivity index (χ0n) is 9.77. The van der Waals surface area contributed by atoms with Crippen molar-refractivity contribution < 1.29 is 9.53 Å². The molecule has 0 spiro atoms. The second kappa shape index (κ2) is 6.23. The summed E-state index contributed by atoms with van der Waals surface area (Å²) in [5.74, 6) is -0.125. The molecule has 1 rings (SSSR count). The van der Waals surface area contributed by atoms with Gasteiger partial charge in [0.1, 0.15) is 0 Å². The van der Waals surface area contributed by atoms with Crippen LogP contribution >= 0.6 is 0 Å². The minimum atomic E-state index is -0.185. The Morgan fingerprint density at radius 2 is 2.31 bits per heavy atom. The van der Waals surface area contributed by atoms with E-state index >= 15 is 0 Å². The van der Waals surface area contributed by atoms with Crippen molar-refractivity contribution in [2.24, 2.45) is 5.73 Å². The number of ether oxygens (including phenoxy) is 1. The third-order valence-electron chi connectivity index (χ3n) is 2.32. The molecule has 1 heterocycles. The zero-order valence-corrected chi connectivity index (χ0v) is 9.77. The third-order valence-corrected chi connectivity index (χ3v) is 2.32. The van der Waals surface area contributed by atoms with Crippen molar-refractivity contribution in [1.82, 2.24) is 4.98 Å². The highest BCUT2D eigenvalue weighted by Crippen LogP contribution is 2.17. The molecule has 0 amide bonds. The molecule has 0 fully saturated rings. The average molecular weight is 222 g/mol. The maximum atomic E-state index is 11.3. The smallest absolute Gasteiger partial charge is 0.306 e. The molecule has 0 radical (unpaired) electrons. The van der Waals surface area contributed by atoms with Crippen molar-refractivity contribution in [3.05, 3.63) is 29.6 Å². The van der Waals surface area contributed by atoms with Gasteiger partial charge in [-0.15, -0.1) is 0 Å². The van der Waals surface area contributed by atoms with E-state index in [-0.39, 0.29) is 11.9 Å². The van der Waals surface area contributed by atoms with E-state index in [1.807, 2.05) is 25.1 Å². The van der Waals surface area contributed by atoms with E-state index in [0.29, 0.717) is 19.6 Å². The lowest BCUT2D eigenvalue weighted by Gasteiger charge is -2.10. The maximum Gasteiger partial charge on any atom is 0.306 e. The molecule has 88 valence electrons. The van der Waals surface area contributed by atoms with Crippen LogP contribution in [0.25, 0.3) is 0 Å². The van der Waals surface area contributed by atoms with Crippen molar-refractivity contribution in [2.75, 3.05) is 6.61 Å². The minimum absolute atomic E-state index is 0.0607. The summed E-state index contributed by atoms with van der Waals surface area (Å²) in [6.07, 6.45) is 0.356. The second-order valence-electron chi connectivity index (χ2n) is 3.67. The van der Waals surface area contributed by atoms with E-state index in [4.69, 9.17) is 10.5 Å². The Kier molecular flexibility index (Phi) is 4.92. The highest BCUT2D eigenvalue weighted by molar-refractivity contribution is 5.70. The van der Waals surface area contributed by atoms with Gasteiger partial charge in [0, 0.05) is 18.2 Å². The van der Waals surface area contributed by atoms with E-state index in [1.54, 1.807) is 6.92 Å². The van der Waals surface area contributed by atoms with Crippen LogP contribution in [0.4, 0.5) is 0 Å². The number of hydrogen-bond donors (Lipinski definition) is 1. The Labute approximate surface area is 95.8 Å². The van der Waals surface area contributed by atoms with E-state index < -0.39 is 0 Å². The van der Waals surface area contributed by atoms with Crippen LogP contribution in [0, 0.1) is 0 Å². The predicted molar refractivity (Wildman–Crippen MR) is 61.8 cm³/mol. The summed E-state index contributed by atoms with van der Waals surface area (Å²) in [7, 11) is 0. The molecule has 0 aliphatic carbocycles. The first-order chi connectivity index (χ1) is 7.67. The van der Waals surface area contributed by atoms with Gasteiger partial charge in [-0.25, -0.2) is 0 Å². The molecule has 0 aliphatic rings. The fraction of sp³-hybridized carbons (Fsp3) is 0.500. The normalized spacial score (nSPS) is 12.2. The number of nitrogens with zero attached hydrogens (tertiary/aromatic N) is 1. The maximum absolute atomic E-state index is 11.3. The SMILES string of the molecule is CCOC(=O)CC(C)c1cccc(CN)n1. The number of carbonyl (C=O) groups excluding carboxylic acids is 1. The van der Waals surface area contributed by atoms with Gasteiger partial charge in [0.15, 0.2) is 0 Å². The van der Waals surface area contributed by atoms with E-state index in [0.717, 1.165) is 11.4 Å². The number of pyridine rings is 1. The van der Waals surface area contributed by atoms with Crippen LogP contribution in [0.15, 0.2) is 18.2 Å². The Morgan fingerprint density at radius 1 is 1.56 bits per heavy atom.